The Kier molecular flexibility index (Phi) is 28.0. The first-order valence-electron chi connectivity index (χ1n) is 9.75. The van der Waals surface area contributed by atoms with Gasteiger partial charge in [0.15, 0.2) is 0 Å². The van der Waals surface area contributed by atoms with Gasteiger partial charge < -0.3 is 0 Å². The van der Waals surface area contributed by atoms with E-state index >= 15 is 0 Å². The van der Waals surface area contributed by atoms with Crippen LogP contribution in [0.5, 0.6) is 0 Å². The van der Waals surface area contributed by atoms with E-state index in [2.05, 4.69) is 101 Å². The van der Waals surface area contributed by atoms with Gasteiger partial charge in [0.2, 0.25) is 0 Å². The van der Waals surface area contributed by atoms with E-state index in [1.165, 1.54) is 48.9 Å². The second-order valence-electron chi connectivity index (χ2n) is 6.08. The molecular weight excluding hydrogens is 616 g/mol. The molecule has 3 rings (SSSR count). The van der Waals surface area contributed by atoms with Crippen LogP contribution in [0.3, 0.4) is 0 Å². The third-order valence-corrected chi connectivity index (χ3v) is 4.86. The van der Waals surface area contributed by atoms with Crippen molar-refractivity contribution in [1.82, 2.24) is 0 Å². The van der Waals surface area contributed by atoms with Crippen molar-refractivity contribution in [3.05, 3.63) is 121 Å². The molecule has 7 heteroatoms. The van der Waals surface area contributed by atoms with E-state index in [1.807, 2.05) is 18.2 Å². The monoisotopic (exact) mass is 638 g/mol. The fraction of sp³-hybridized carbons (Fsp3) is 0.143. The van der Waals surface area contributed by atoms with Crippen LogP contribution < -0.4 is 0 Å². The van der Waals surface area contributed by atoms with Crippen molar-refractivity contribution in [2.45, 2.75) is 26.2 Å². The molecule has 35 heavy (non-hydrogen) atoms. The van der Waals surface area contributed by atoms with Crippen molar-refractivity contribution in [2.24, 2.45) is 0 Å². The van der Waals surface area contributed by atoms with Crippen molar-refractivity contribution < 1.29 is 47.0 Å². The minimum atomic E-state index is 0.933. The molecule has 0 aliphatic heterocycles. The first-order chi connectivity index (χ1) is 17.3. The third kappa shape index (κ3) is 15.3. The van der Waals surface area contributed by atoms with Crippen LogP contribution in [0.15, 0.2) is 77.2 Å². The molecular formula is C28H22O6W. The molecule has 0 radical (unpaired) electrons. The van der Waals surface area contributed by atoms with Crippen LogP contribution in [0.1, 0.15) is 37.3 Å². The quantitative estimate of drug-likeness (QED) is 0.221. The Morgan fingerprint density at radius 2 is 1.26 bits per heavy atom. The molecule has 0 atom stereocenters. The van der Waals surface area contributed by atoms with Crippen LogP contribution in [0.2, 0.25) is 0 Å². The van der Waals surface area contributed by atoms with E-state index in [-0.39, 0.29) is 0 Å². The van der Waals surface area contributed by atoms with Crippen molar-refractivity contribution in [1.29, 1.82) is 0 Å². The van der Waals surface area contributed by atoms with Crippen LogP contribution in [-0.2, 0) is 42.6 Å². The van der Waals surface area contributed by atoms with E-state index in [0.717, 1.165) is 21.5 Å². The van der Waals surface area contributed by atoms with Gasteiger partial charge in [-0.2, -0.15) is 0 Å². The Balaban J connectivity index is -0.000000912. The molecule has 176 valence electrons. The summed E-state index contributed by atoms with van der Waals surface area (Å²) in [6, 6.07) is 25.3. The van der Waals surface area contributed by atoms with Gasteiger partial charge in [0.05, 0.1) is 0 Å². The van der Waals surface area contributed by atoms with Crippen LogP contribution in [0.25, 0.3) is 23.0 Å². The summed E-state index contributed by atoms with van der Waals surface area (Å²) < 4.78 is 44.5. The molecule has 0 unspecified atom stereocenters. The molecule has 0 fully saturated rings. The predicted molar refractivity (Wildman–Crippen MR) is 121 cm³/mol. The maximum absolute atomic E-state index is 7.50. The summed E-state index contributed by atoms with van der Waals surface area (Å²) in [6.07, 6.45) is 5.82. The third-order valence-electron chi connectivity index (χ3n) is 4.14. The number of allylic oxidation sites excluding steroid dienone is 1. The fourth-order valence-electron chi connectivity index (χ4n) is 2.84. The zero-order valence-corrected chi connectivity index (χ0v) is 21.9. The average Bonchev–Trinajstić information content (AvgIpc) is 2.97. The van der Waals surface area contributed by atoms with Gasteiger partial charge in [0, 0.05) is 0 Å². The summed E-state index contributed by atoms with van der Waals surface area (Å²) in [5.41, 5.74) is 5.03. The summed E-state index contributed by atoms with van der Waals surface area (Å²) >= 11 is 1.34. The van der Waals surface area contributed by atoms with Crippen molar-refractivity contribution in [3.8, 4) is 11.3 Å². The van der Waals surface area contributed by atoms with Crippen LogP contribution in [0, 0.1) is 37.0 Å². The van der Waals surface area contributed by atoms with Gasteiger partial charge in [-0.15, -0.1) is 0 Å². The fourth-order valence-corrected chi connectivity index (χ4v) is 3.66. The molecule has 0 saturated carbocycles. The number of benzene rings is 2. The molecule has 0 aliphatic rings. The van der Waals surface area contributed by atoms with Crippen LogP contribution >= 0.6 is 0 Å². The zero-order chi connectivity index (χ0) is 27.5. The second-order valence-corrected chi connectivity index (χ2v) is 7.52. The SMILES string of the molecule is CCCC/C(=C/c1cc(-c2ccccc2)o[c](=[W])c1)c1ccccc1.[C-]#[O+].[C-]#[O+].[C-]#[O+].[C-]#[O+].[C-]#[O+]. The Labute approximate surface area is 216 Å². The molecule has 0 amide bonds. The van der Waals surface area contributed by atoms with Gasteiger partial charge in [-0.05, 0) is 0 Å². The van der Waals surface area contributed by atoms with E-state index in [4.69, 9.17) is 27.7 Å². The topological polar surface area (TPSA) is 113 Å². The Bertz CT molecular complexity index is 1090. The molecule has 1 aromatic heterocycles. The van der Waals surface area contributed by atoms with Crippen molar-refractivity contribution in [3.63, 3.8) is 0 Å². The van der Waals surface area contributed by atoms with Crippen molar-refractivity contribution >= 4 is 11.6 Å². The van der Waals surface area contributed by atoms with Gasteiger partial charge in [-0.1, -0.05) is 0 Å². The first kappa shape index (κ1) is 36.3. The van der Waals surface area contributed by atoms with Crippen molar-refractivity contribution in [2.75, 3.05) is 0 Å². The van der Waals surface area contributed by atoms with E-state index < -0.39 is 0 Å². The Morgan fingerprint density at radius 3 is 1.74 bits per heavy atom. The average molecular weight is 638 g/mol. The molecule has 3 aromatic rings. The second kappa shape index (κ2) is 27.0. The molecule has 0 aliphatic carbocycles. The minimum absolute atomic E-state index is 0.933. The van der Waals surface area contributed by atoms with Gasteiger partial charge >= 0.3 is 217 Å². The van der Waals surface area contributed by atoms with Gasteiger partial charge in [-0.25, -0.2) is 0 Å². The van der Waals surface area contributed by atoms with Gasteiger partial charge in [-0.3, -0.25) is 0 Å². The number of unbranched alkanes of at least 4 members (excludes halogenated alkanes) is 1. The van der Waals surface area contributed by atoms with E-state index in [0.29, 0.717) is 0 Å². The number of rotatable bonds is 6. The standard InChI is InChI=1S/C23H22O.5CO.W/c1-2-3-10-22(20-11-6-4-7-12-20)17-19-15-16-24-23(18-19)21-13-8-5-9-14-21;5*1-2;/h4-9,11-15,17-18H,2-3,10H2,1H3;;;;;;/b22-17-;;;;;;. The van der Waals surface area contributed by atoms with Crippen LogP contribution in [0.4, 0.5) is 0 Å². The Morgan fingerprint density at radius 1 is 0.771 bits per heavy atom. The number of hydrogen-bond donors (Lipinski definition) is 0. The molecule has 2 aromatic carbocycles. The van der Waals surface area contributed by atoms with Crippen LogP contribution in [-0.4, -0.2) is 0 Å². The summed E-state index contributed by atoms with van der Waals surface area (Å²) in [6.45, 7) is 24.7. The van der Waals surface area contributed by atoms with E-state index in [1.54, 1.807) is 0 Å². The molecule has 0 saturated heterocycles. The molecule has 0 N–H and O–H groups in total. The first-order valence-corrected chi connectivity index (χ1v) is 11.2. The van der Waals surface area contributed by atoms with Gasteiger partial charge in [0.1, 0.15) is 0 Å². The Hall–Kier alpha value is -3.28. The van der Waals surface area contributed by atoms with Gasteiger partial charge in [0.25, 0.3) is 0 Å². The normalized spacial score (nSPS) is 8.49. The molecule has 1 heterocycles. The molecule has 0 spiro atoms. The summed E-state index contributed by atoms with van der Waals surface area (Å²) in [4.78, 5) is 0. The predicted octanol–water partition coefficient (Wildman–Crippen LogP) is 6.57. The number of hydrogen-bond acceptors (Lipinski definition) is 1. The van der Waals surface area contributed by atoms with E-state index in [9.17, 15) is 0 Å². The summed E-state index contributed by atoms with van der Waals surface area (Å²) in [5.74, 6) is 0.933. The summed E-state index contributed by atoms with van der Waals surface area (Å²) in [5, 5.41) is 0. The summed E-state index contributed by atoms with van der Waals surface area (Å²) in [7, 11) is 0. The maximum atomic E-state index is 7.50. The molecule has 6 nitrogen and oxygen atoms in total. The molecule has 0 bridgehead atoms. The zero-order valence-electron chi connectivity index (χ0n) is 19.0.